The lowest BCUT2D eigenvalue weighted by molar-refractivity contribution is 0.546. The molecule has 0 saturated heterocycles. The SMILES string of the molecule is C/C=C/CCNC(CN)c1ccc(Cl)cc1Br. The van der Waals surface area contributed by atoms with Gasteiger partial charge in [0.05, 0.1) is 0 Å². The molecule has 1 aromatic carbocycles. The molecule has 4 heteroatoms. The fraction of sp³-hybridized carbons (Fsp3) is 0.385. The van der Waals surface area contributed by atoms with Crippen molar-refractivity contribution in [3.05, 3.63) is 45.4 Å². The highest BCUT2D eigenvalue weighted by Gasteiger charge is 2.11. The Morgan fingerprint density at radius 3 is 2.88 bits per heavy atom. The van der Waals surface area contributed by atoms with E-state index >= 15 is 0 Å². The smallest absolute Gasteiger partial charge is 0.0455 e. The first-order valence-electron chi connectivity index (χ1n) is 5.68. The molecule has 0 fully saturated rings. The second-order valence-corrected chi connectivity index (χ2v) is 5.06. The van der Waals surface area contributed by atoms with Gasteiger partial charge in [0.2, 0.25) is 0 Å². The fourth-order valence-electron chi connectivity index (χ4n) is 1.61. The van der Waals surface area contributed by atoms with Crippen molar-refractivity contribution in [2.24, 2.45) is 5.73 Å². The molecule has 3 N–H and O–H groups in total. The molecule has 1 rings (SSSR count). The minimum absolute atomic E-state index is 0.159. The van der Waals surface area contributed by atoms with Crippen molar-refractivity contribution in [3.63, 3.8) is 0 Å². The molecule has 1 atom stereocenters. The number of hydrogen-bond donors (Lipinski definition) is 2. The monoisotopic (exact) mass is 316 g/mol. The quantitative estimate of drug-likeness (QED) is 0.621. The van der Waals surface area contributed by atoms with E-state index in [1.54, 1.807) is 0 Å². The molecule has 0 aromatic heterocycles. The van der Waals surface area contributed by atoms with Gasteiger partial charge in [0.15, 0.2) is 0 Å². The number of rotatable bonds is 6. The van der Waals surface area contributed by atoms with E-state index < -0.39 is 0 Å². The molecule has 17 heavy (non-hydrogen) atoms. The fourth-order valence-corrected chi connectivity index (χ4v) is 2.57. The third-order valence-corrected chi connectivity index (χ3v) is 3.43. The van der Waals surface area contributed by atoms with Crippen LogP contribution in [0.2, 0.25) is 5.02 Å². The molecule has 1 aromatic rings. The van der Waals surface area contributed by atoms with Crippen LogP contribution in [0.1, 0.15) is 24.9 Å². The zero-order chi connectivity index (χ0) is 12.7. The van der Waals surface area contributed by atoms with Crippen LogP contribution in [0.5, 0.6) is 0 Å². The largest absolute Gasteiger partial charge is 0.329 e. The first-order chi connectivity index (χ1) is 8.19. The third-order valence-electron chi connectivity index (χ3n) is 2.51. The van der Waals surface area contributed by atoms with Gasteiger partial charge in [-0.3, -0.25) is 0 Å². The summed E-state index contributed by atoms with van der Waals surface area (Å²) in [4.78, 5) is 0. The van der Waals surface area contributed by atoms with E-state index in [1.165, 1.54) is 0 Å². The summed E-state index contributed by atoms with van der Waals surface area (Å²) in [5, 5.41) is 4.16. The summed E-state index contributed by atoms with van der Waals surface area (Å²) in [5.74, 6) is 0. The molecule has 0 bridgehead atoms. The maximum absolute atomic E-state index is 5.92. The summed E-state index contributed by atoms with van der Waals surface area (Å²) >= 11 is 9.44. The molecule has 1 unspecified atom stereocenters. The molecule has 0 spiro atoms. The van der Waals surface area contributed by atoms with Crippen molar-refractivity contribution in [2.75, 3.05) is 13.1 Å². The topological polar surface area (TPSA) is 38.0 Å². The zero-order valence-corrected chi connectivity index (χ0v) is 12.3. The molecular weight excluding hydrogens is 300 g/mol. The molecule has 0 radical (unpaired) electrons. The zero-order valence-electron chi connectivity index (χ0n) is 9.92. The van der Waals surface area contributed by atoms with Gasteiger partial charge in [0, 0.05) is 22.1 Å². The van der Waals surface area contributed by atoms with Gasteiger partial charge in [0.25, 0.3) is 0 Å². The molecule has 2 nitrogen and oxygen atoms in total. The van der Waals surface area contributed by atoms with E-state index in [9.17, 15) is 0 Å². The van der Waals surface area contributed by atoms with Crippen molar-refractivity contribution in [1.29, 1.82) is 0 Å². The van der Waals surface area contributed by atoms with Gasteiger partial charge in [-0.25, -0.2) is 0 Å². The minimum Gasteiger partial charge on any atom is -0.329 e. The third kappa shape index (κ3) is 4.80. The highest BCUT2D eigenvalue weighted by molar-refractivity contribution is 9.10. The van der Waals surface area contributed by atoms with Crippen molar-refractivity contribution < 1.29 is 0 Å². The number of nitrogens with two attached hydrogens (primary N) is 1. The Hall–Kier alpha value is -0.350. The summed E-state index contributed by atoms with van der Waals surface area (Å²) in [6.45, 7) is 3.51. The summed E-state index contributed by atoms with van der Waals surface area (Å²) in [6.07, 6.45) is 5.20. The van der Waals surface area contributed by atoms with Crippen LogP contribution in [0.4, 0.5) is 0 Å². The van der Waals surface area contributed by atoms with Crippen LogP contribution >= 0.6 is 27.5 Å². The molecule has 0 heterocycles. The van der Waals surface area contributed by atoms with Gasteiger partial charge >= 0.3 is 0 Å². The van der Waals surface area contributed by atoms with E-state index in [0.29, 0.717) is 6.54 Å². The van der Waals surface area contributed by atoms with Crippen molar-refractivity contribution in [3.8, 4) is 0 Å². The van der Waals surface area contributed by atoms with Crippen LogP contribution in [-0.4, -0.2) is 13.1 Å². The van der Waals surface area contributed by atoms with Crippen LogP contribution in [0.25, 0.3) is 0 Å². The predicted octanol–water partition coefficient (Wildman–Crippen LogP) is 3.66. The maximum Gasteiger partial charge on any atom is 0.0455 e. The highest BCUT2D eigenvalue weighted by Crippen LogP contribution is 2.26. The van der Waals surface area contributed by atoms with E-state index in [4.69, 9.17) is 17.3 Å². The van der Waals surface area contributed by atoms with Crippen molar-refractivity contribution in [2.45, 2.75) is 19.4 Å². The maximum atomic E-state index is 5.92. The Labute approximate surface area is 116 Å². The van der Waals surface area contributed by atoms with E-state index in [2.05, 4.69) is 33.4 Å². The predicted molar refractivity (Wildman–Crippen MR) is 78.4 cm³/mol. The second kappa shape index (κ2) is 7.88. The van der Waals surface area contributed by atoms with Crippen LogP contribution in [-0.2, 0) is 0 Å². The van der Waals surface area contributed by atoms with Crippen molar-refractivity contribution >= 4 is 27.5 Å². The van der Waals surface area contributed by atoms with Crippen LogP contribution in [0.3, 0.4) is 0 Å². The molecule has 0 aliphatic carbocycles. The lowest BCUT2D eigenvalue weighted by Crippen LogP contribution is -2.29. The van der Waals surface area contributed by atoms with Crippen molar-refractivity contribution in [1.82, 2.24) is 5.32 Å². The van der Waals surface area contributed by atoms with Crippen LogP contribution < -0.4 is 11.1 Å². The minimum atomic E-state index is 0.159. The second-order valence-electron chi connectivity index (χ2n) is 3.77. The Kier molecular flexibility index (Phi) is 6.82. The van der Waals surface area contributed by atoms with Gasteiger partial charge in [-0.15, -0.1) is 0 Å². The molecule has 0 amide bonds. The average molecular weight is 318 g/mol. The normalized spacial score (nSPS) is 13.2. The molecule has 0 aliphatic heterocycles. The number of hydrogen-bond acceptors (Lipinski definition) is 2. The Morgan fingerprint density at radius 1 is 1.53 bits per heavy atom. The lowest BCUT2D eigenvalue weighted by atomic mass is 10.1. The summed E-state index contributed by atoms with van der Waals surface area (Å²) in [6, 6.07) is 5.95. The van der Waals surface area contributed by atoms with E-state index in [1.807, 2.05) is 25.1 Å². The first kappa shape index (κ1) is 14.7. The lowest BCUT2D eigenvalue weighted by Gasteiger charge is -2.18. The number of benzene rings is 1. The molecule has 0 aliphatic rings. The number of halogens is 2. The summed E-state index contributed by atoms with van der Waals surface area (Å²) < 4.78 is 0.999. The molecular formula is C13H18BrClN2. The standard InChI is InChI=1S/C13H18BrClN2/c1-2-3-4-7-17-13(9-16)11-6-5-10(15)8-12(11)14/h2-3,5-6,8,13,17H,4,7,9,16H2,1H3/b3-2+. The molecule has 94 valence electrons. The number of nitrogens with one attached hydrogen (secondary N) is 1. The average Bonchev–Trinajstić information content (AvgIpc) is 2.31. The van der Waals surface area contributed by atoms with Crippen LogP contribution in [0.15, 0.2) is 34.8 Å². The van der Waals surface area contributed by atoms with Crippen LogP contribution in [0, 0.1) is 0 Å². The van der Waals surface area contributed by atoms with Gasteiger partial charge in [-0.05, 0) is 37.6 Å². The van der Waals surface area contributed by atoms with Gasteiger partial charge < -0.3 is 11.1 Å². The Balaban J connectivity index is 2.65. The summed E-state index contributed by atoms with van der Waals surface area (Å²) in [5.41, 5.74) is 6.94. The van der Waals surface area contributed by atoms with Gasteiger partial charge in [0.1, 0.15) is 0 Å². The first-order valence-corrected chi connectivity index (χ1v) is 6.85. The highest BCUT2D eigenvalue weighted by atomic mass is 79.9. The van der Waals surface area contributed by atoms with E-state index in [-0.39, 0.29) is 6.04 Å². The molecule has 0 saturated carbocycles. The van der Waals surface area contributed by atoms with E-state index in [0.717, 1.165) is 28.0 Å². The number of allylic oxidation sites excluding steroid dienone is 1. The van der Waals surface area contributed by atoms with Gasteiger partial charge in [-0.2, -0.15) is 0 Å². The summed E-state index contributed by atoms with van der Waals surface area (Å²) in [7, 11) is 0. The Bertz CT molecular complexity index is 380. The Morgan fingerprint density at radius 2 is 2.29 bits per heavy atom. The van der Waals surface area contributed by atoms with Gasteiger partial charge in [-0.1, -0.05) is 45.7 Å².